The molecule has 22 heavy (non-hydrogen) atoms. The fourth-order valence-electron chi connectivity index (χ4n) is 3.04. The highest BCUT2D eigenvalue weighted by molar-refractivity contribution is 9.10. The zero-order valence-electron chi connectivity index (χ0n) is 11.9. The van der Waals surface area contributed by atoms with E-state index in [-0.39, 0.29) is 12.2 Å². The van der Waals surface area contributed by atoms with E-state index in [9.17, 15) is 0 Å². The standard InChI is InChI=1S/C19H15BrN2/c20-15-8-6-7-14(13-15)19-21-17-11-4-5-12-18(17)22(19)16-9-2-1-3-10-16/h1-13,18-19H. The zero-order chi connectivity index (χ0) is 14.9. The van der Waals surface area contributed by atoms with Crippen LogP contribution in [0.1, 0.15) is 11.7 Å². The van der Waals surface area contributed by atoms with Crippen molar-refractivity contribution in [2.45, 2.75) is 12.2 Å². The van der Waals surface area contributed by atoms with Gasteiger partial charge in [0.1, 0.15) is 6.17 Å². The minimum absolute atomic E-state index is 0.00676. The van der Waals surface area contributed by atoms with Gasteiger partial charge in [-0.3, -0.25) is 4.99 Å². The SMILES string of the molecule is Brc1cccc(C2N=C3C=CC=CC3N2c2ccccc2)c1. The third-order valence-electron chi connectivity index (χ3n) is 4.01. The van der Waals surface area contributed by atoms with Crippen molar-refractivity contribution in [1.29, 1.82) is 0 Å². The summed E-state index contributed by atoms with van der Waals surface area (Å²) in [5.74, 6) is 0. The van der Waals surface area contributed by atoms with E-state index >= 15 is 0 Å². The van der Waals surface area contributed by atoms with Gasteiger partial charge in [-0.25, -0.2) is 0 Å². The third-order valence-corrected chi connectivity index (χ3v) is 4.50. The predicted octanol–water partition coefficient (Wildman–Crippen LogP) is 4.90. The van der Waals surface area contributed by atoms with Crippen molar-refractivity contribution < 1.29 is 0 Å². The Morgan fingerprint density at radius 1 is 0.955 bits per heavy atom. The molecule has 0 N–H and O–H groups in total. The van der Waals surface area contributed by atoms with E-state index < -0.39 is 0 Å². The Hall–Kier alpha value is -2.13. The maximum Gasteiger partial charge on any atom is 0.148 e. The second-order valence-corrected chi connectivity index (χ2v) is 6.33. The molecule has 2 aromatic carbocycles. The maximum absolute atomic E-state index is 4.96. The van der Waals surface area contributed by atoms with Crippen LogP contribution in [0.15, 0.2) is 88.4 Å². The Bertz CT molecular complexity index is 777. The van der Waals surface area contributed by atoms with Gasteiger partial charge >= 0.3 is 0 Å². The lowest BCUT2D eigenvalue weighted by atomic mass is 10.0. The fraction of sp³-hybridized carbons (Fsp3) is 0.105. The molecule has 2 nitrogen and oxygen atoms in total. The molecule has 1 heterocycles. The number of rotatable bonds is 2. The van der Waals surface area contributed by atoms with Crippen molar-refractivity contribution in [3.63, 3.8) is 0 Å². The van der Waals surface area contributed by atoms with Crippen LogP contribution in [0.3, 0.4) is 0 Å². The third kappa shape index (κ3) is 2.32. The number of nitrogens with zero attached hydrogens (tertiary/aromatic N) is 2. The quantitative estimate of drug-likeness (QED) is 0.751. The molecule has 0 spiro atoms. The minimum Gasteiger partial charge on any atom is -0.334 e. The van der Waals surface area contributed by atoms with Crippen molar-refractivity contribution in [3.05, 3.63) is 88.9 Å². The van der Waals surface area contributed by atoms with Crippen molar-refractivity contribution in [3.8, 4) is 0 Å². The Labute approximate surface area is 138 Å². The van der Waals surface area contributed by atoms with Crippen molar-refractivity contribution >= 4 is 27.3 Å². The van der Waals surface area contributed by atoms with Gasteiger partial charge in [-0.05, 0) is 35.9 Å². The highest BCUT2D eigenvalue weighted by Gasteiger charge is 2.35. The van der Waals surface area contributed by atoms with E-state index in [0.29, 0.717) is 0 Å². The molecule has 0 amide bonds. The van der Waals surface area contributed by atoms with E-state index in [1.807, 2.05) is 12.1 Å². The van der Waals surface area contributed by atoms with Crippen molar-refractivity contribution in [2.75, 3.05) is 4.90 Å². The Kier molecular flexibility index (Phi) is 3.43. The number of fused-ring (bicyclic) bond motifs is 1. The molecular formula is C19H15BrN2. The Morgan fingerprint density at radius 3 is 2.64 bits per heavy atom. The van der Waals surface area contributed by atoms with E-state index in [1.54, 1.807) is 0 Å². The molecular weight excluding hydrogens is 336 g/mol. The van der Waals surface area contributed by atoms with Crippen LogP contribution in [0.2, 0.25) is 0 Å². The summed E-state index contributed by atoms with van der Waals surface area (Å²) in [7, 11) is 0. The highest BCUT2D eigenvalue weighted by Crippen LogP contribution is 2.37. The van der Waals surface area contributed by atoms with Crippen LogP contribution in [0, 0.1) is 0 Å². The summed E-state index contributed by atoms with van der Waals surface area (Å²) in [6.07, 6.45) is 8.49. The molecule has 3 heteroatoms. The van der Waals surface area contributed by atoms with Gasteiger partial charge in [0.15, 0.2) is 0 Å². The van der Waals surface area contributed by atoms with Gasteiger partial charge in [-0.1, -0.05) is 64.5 Å². The van der Waals surface area contributed by atoms with Gasteiger partial charge < -0.3 is 4.90 Å². The summed E-state index contributed by atoms with van der Waals surface area (Å²) in [5.41, 5.74) is 3.51. The molecule has 0 saturated heterocycles. The molecule has 2 atom stereocenters. The summed E-state index contributed by atoms with van der Waals surface area (Å²) in [6, 6.07) is 19.1. The molecule has 0 radical (unpaired) electrons. The lowest BCUT2D eigenvalue weighted by Gasteiger charge is -2.31. The molecule has 2 aliphatic rings. The number of anilines is 1. The normalized spacial score (nSPS) is 22.6. The maximum atomic E-state index is 4.96. The van der Waals surface area contributed by atoms with Gasteiger partial charge in [-0.2, -0.15) is 0 Å². The number of halogens is 1. The number of benzene rings is 2. The van der Waals surface area contributed by atoms with E-state index in [1.165, 1.54) is 11.3 Å². The van der Waals surface area contributed by atoms with Gasteiger partial charge in [0.2, 0.25) is 0 Å². The van der Waals surface area contributed by atoms with Gasteiger partial charge in [0.05, 0.1) is 11.8 Å². The number of hydrogen-bond donors (Lipinski definition) is 0. The summed E-state index contributed by atoms with van der Waals surface area (Å²) < 4.78 is 1.08. The predicted molar refractivity (Wildman–Crippen MR) is 95.3 cm³/mol. The molecule has 2 aromatic rings. The molecule has 2 unspecified atom stereocenters. The van der Waals surface area contributed by atoms with Gasteiger partial charge in [0.25, 0.3) is 0 Å². The van der Waals surface area contributed by atoms with Crippen LogP contribution < -0.4 is 4.90 Å². The zero-order valence-corrected chi connectivity index (χ0v) is 13.5. The summed E-state index contributed by atoms with van der Waals surface area (Å²) >= 11 is 3.57. The lowest BCUT2D eigenvalue weighted by molar-refractivity contribution is 0.695. The van der Waals surface area contributed by atoms with Gasteiger partial charge in [0, 0.05) is 10.2 Å². The molecule has 4 rings (SSSR count). The second kappa shape index (κ2) is 5.58. The molecule has 0 saturated carbocycles. The molecule has 1 aliphatic carbocycles. The Balaban J connectivity index is 1.82. The first-order chi connectivity index (χ1) is 10.8. The average molecular weight is 351 g/mol. The molecule has 108 valence electrons. The van der Waals surface area contributed by atoms with Crippen LogP contribution in [-0.4, -0.2) is 11.8 Å². The monoisotopic (exact) mass is 350 g/mol. The van der Waals surface area contributed by atoms with E-state index in [4.69, 9.17) is 4.99 Å². The number of allylic oxidation sites excluding steroid dienone is 2. The average Bonchev–Trinajstić information content (AvgIpc) is 2.95. The highest BCUT2D eigenvalue weighted by atomic mass is 79.9. The fourth-order valence-corrected chi connectivity index (χ4v) is 3.45. The van der Waals surface area contributed by atoms with E-state index in [0.717, 1.165) is 10.2 Å². The first-order valence-electron chi connectivity index (χ1n) is 7.34. The van der Waals surface area contributed by atoms with Crippen molar-refractivity contribution in [2.24, 2.45) is 4.99 Å². The van der Waals surface area contributed by atoms with Crippen LogP contribution in [0.5, 0.6) is 0 Å². The second-order valence-electron chi connectivity index (χ2n) is 5.41. The first-order valence-corrected chi connectivity index (χ1v) is 8.14. The summed E-state index contributed by atoms with van der Waals surface area (Å²) in [4.78, 5) is 7.34. The molecule has 0 fully saturated rings. The van der Waals surface area contributed by atoms with Crippen LogP contribution in [0.4, 0.5) is 5.69 Å². The van der Waals surface area contributed by atoms with Crippen LogP contribution in [0.25, 0.3) is 0 Å². The summed E-state index contributed by atoms with van der Waals surface area (Å²) in [5, 5.41) is 0. The molecule has 0 aromatic heterocycles. The molecule has 1 aliphatic heterocycles. The largest absolute Gasteiger partial charge is 0.334 e. The lowest BCUT2D eigenvalue weighted by Crippen LogP contribution is -2.35. The first kappa shape index (κ1) is 13.5. The minimum atomic E-state index is 0.00676. The molecule has 0 bridgehead atoms. The Morgan fingerprint density at radius 2 is 1.82 bits per heavy atom. The number of aliphatic imine (C=N–C) groups is 1. The summed E-state index contributed by atoms with van der Waals surface area (Å²) in [6.45, 7) is 0. The number of hydrogen-bond acceptors (Lipinski definition) is 2. The van der Waals surface area contributed by atoms with Gasteiger partial charge in [-0.15, -0.1) is 0 Å². The topological polar surface area (TPSA) is 15.6 Å². The smallest absolute Gasteiger partial charge is 0.148 e. The van der Waals surface area contributed by atoms with Crippen molar-refractivity contribution in [1.82, 2.24) is 0 Å². The van der Waals surface area contributed by atoms with Crippen LogP contribution in [-0.2, 0) is 0 Å². The van der Waals surface area contributed by atoms with E-state index in [2.05, 4.69) is 87.6 Å². The van der Waals surface area contributed by atoms with Crippen LogP contribution >= 0.6 is 15.9 Å². The number of para-hydroxylation sites is 1.